The number of nitrogens with one attached hydrogen (secondary N) is 2. The fraction of sp³-hybridized carbons (Fsp3) is 0.143. The number of fused-ring (bicyclic) bond motifs is 1. The van der Waals surface area contributed by atoms with E-state index in [0.29, 0.717) is 23.7 Å². The predicted molar refractivity (Wildman–Crippen MR) is 114 cm³/mol. The fourth-order valence-electron chi connectivity index (χ4n) is 3.05. The standard InChI is InChI=1S/C21H20N6O2/c1-14-8-10-16(11-9-14)13-27-17-18(26(2)21(29)24-19(17)28)23-20(27)25-22-12-15-6-4-3-5-7-15/h3-12H,13H2,1-2H3,(H,23,25)(H,24,28,29)/b22-12-. The lowest BCUT2D eigenvalue weighted by molar-refractivity contribution is 0.808. The normalized spacial score (nSPS) is 11.4. The molecular weight excluding hydrogens is 368 g/mol. The van der Waals surface area contributed by atoms with Gasteiger partial charge in [-0.15, -0.1) is 0 Å². The highest BCUT2D eigenvalue weighted by Gasteiger charge is 2.17. The van der Waals surface area contributed by atoms with Crippen LogP contribution in [0.25, 0.3) is 11.2 Å². The van der Waals surface area contributed by atoms with Gasteiger partial charge in [0.15, 0.2) is 11.2 Å². The van der Waals surface area contributed by atoms with Gasteiger partial charge in [-0.05, 0) is 18.1 Å². The van der Waals surface area contributed by atoms with Crippen LogP contribution in [0.5, 0.6) is 0 Å². The zero-order valence-corrected chi connectivity index (χ0v) is 16.1. The average molecular weight is 388 g/mol. The van der Waals surface area contributed by atoms with E-state index in [-0.39, 0.29) is 0 Å². The molecule has 0 saturated carbocycles. The molecule has 8 heteroatoms. The van der Waals surface area contributed by atoms with Gasteiger partial charge in [0.2, 0.25) is 5.95 Å². The van der Waals surface area contributed by atoms with Crippen LogP contribution in [-0.2, 0) is 13.6 Å². The molecule has 4 aromatic rings. The van der Waals surface area contributed by atoms with E-state index in [1.165, 1.54) is 4.57 Å². The number of aromatic amines is 1. The van der Waals surface area contributed by atoms with E-state index in [4.69, 9.17) is 0 Å². The highest BCUT2D eigenvalue weighted by molar-refractivity contribution is 5.80. The van der Waals surface area contributed by atoms with Crippen molar-refractivity contribution >= 4 is 23.3 Å². The van der Waals surface area contributed by atoms with Gasteiger partial charge in [-0.25, -0.2) is 10.2 Å². The van der Waals surface area contributed by atoms with Crippen molar-refractivity contribution in [1.82, 2.24) is 19.1 Å². The van der Waals surface area contributed by atoms with Gasteiger partial charge < -0.3 is 0 Å². The molecule has 0 unspecified atom stereocenters. The number of anilines is 1. The summed E-state index contributed by atoms with van der Waals surface area (Å²) < 4.78 is 3.04. The van der Waals surface area contributed by atoms with Crippen LogP contribution in [0.15, 0.2) is 69.3 Å². The topological polar surface area (TPSA) is 97.1 Å². The van der Waals surface area contributed by atoms with Crippen LogP contribution in [0.2, 0.25) is 0 Å². The van der Waals surface area contributed by atoms with Crippen LogP contribution in [-0.4, -0.2) is 25.3 Å². The van der Waals surface area contributed by atoms with Crippen molar-refractivity contribution in [3.63, 3.8) is 0 Å². The fourth-order valence-corrected chi connectivity index (χ4v) is 3.05. The number of benzene rings is 2. The molecule has 0 radical (unpaired) electrons. The largest absolute Gasteiger partial charge is 0.329 e. The molecule has 4 rings (SSSR count). The minimum atomic E-state index is -0.512. The molecule has 29 heavy (non-hydrogen) atoms. The molecule has 2 heterocycles. The number of aryl methyl sites for hydroxylation is 2. The molecule has 2 N–H and O–H groups in total. The zero-order chi connectivity index (χ0) is 20.4. The van der Waals surface area contributed by atoms with Gasteiger partial charge >= 0.3 is 5.69 Å². The number of hydrogen-bond acceptors (Lipinski definition) is 5. The summed E-state index contributed by atoms with van der Waals surface area (Å²) in [4.78, 5) is 31.3. The molecule has 0 bridgehead atoms. The summed E-state index contributed by atoms with van der Waals surface area (Å²) in [6, 6.07) is 17.6. The van der Waals surface area contributed by atoms with E-state index in [9.17, 15) is 9.59 Å². The van der Waals surface area contributed by atoms with Crippen LogP contribution in [0, 0.1) is 6.92 Å². The van der Waals surface area contributed by atoms with E-state index < -0.39 is 11.2 Å². The van der Waals surface area contributed by atoms with Gasteiger partial charge in [0, 0.05) is 7.05 Å². The monoisotopic (exact) mass is 388 g/mol. The Morgan fingerprint density at radius 3 is 2.55 bits per heavy atom. The van der Waals surface area contributed by atoms with E-state index in [1.54, 1.807) is 17.8 Å². The van der Waals surface area contributed by atoms with Crippen LogP contribution < -0.4 is 16.7 Å². The average Bonchev–Trinajstić information content (AvgIpc) is 3.08. The minimum absolute atomic E-state index is 0.295. The van der Waals surface area contributed by atoms with Crippen molar-refractivity contribution < 1.29 is 0 Å². The van der Waals surface area contributed by atoms with Gasteiger partial charge in [0.1, 0.15) is 0 Å². The molecule has 0 spiro atoms. The summed E-state index contributed by atoms with van der Waals surface area (Å²) >= 11 is 0. The Labute approximate surface area is 166 Å². The first kappa shape index (κ1) is 18.4. The molecule has 0 amide bonds. The molecule has 2 aromatic carbocycles. The molecular formula is C21H20N6O2. The Bertz CT molecular complexity index is 1300. The number of hydrazone groups is 1. The lowest BCUT2D eigenvalue weighted by Gasteiger charge is -2.08. The first-order valence-corrected chi connectivity index (χ1v) is 9.12. The molecule has 8 nitrogen and oxygen atoms in total. The molecule has 0 saturated heterocycles. The Hall–Kier alpha value is -3.94. The second kappa shape index (κ2) is 7.59. The summed E-state index contributed by atoms with van der Waals surface area (Å²) in [6.45, 7) is 2.42. The minimum Gasteiger partial charge on any atom is -0.298 e. The number of nitrogens with zero attached hydrogens (tertiary/aromatic N) is 4. The molecule has 0 aliphatic rings. The molecule has 0 aliphatic carbocycles. The van der Waals surface area contributed by atoms with Crippen LogP contribution in [0.4, 0.5) is 5.95 Å². The molecule has 146 valence electrons. The van der Waals surface area contributed by atoms with Crippen molar-refractivity contribution in [2.75, 3.05) is 5.43 Å². The zero-order valence-electron chi connectivity index (χ0n) is 16.1. The Kier molecular flexibility index (Phi) is 4.82. The maximum Gasteiger partial charge on any atom is 0.329 e. The molecule has 0 aliphatic heterocycles. The lowest BCUT2D eigenvalue weighted by atomic mass is 10.1. The highest BCUT2D eigenvalue weighted by Crippen LogP contribution is 2.18. The van der Waals surface area contributed by atoms with Crippen molar-refractivity contribution in [3.05, 3.63) is 92.1 Å². The van der Waals surface area contributed by atoms with E-state index in [0.717, 1.165) is 16.7 Å². The lowest BCUT2D eigenvalue weighted by Crippen LogP contribution is -2.29. The number of rotatable bonds is 5. The van der Waals surface area contributed by atoms with Crippen LogP contribution in [0.1, 0.15) is 16.7 Å². The van der Waals surface area contributed by atoms with Gasteiger partial charge in [-0.3, -0.25) is 18.9 Å². The summed E-state index contributed by atoms with van der Waals surface area (Å²) in [7, 11) is 1.57. The Morgan fingerprint density at radius 2 is 1.83 bits per heavy atom. The third-order valence-corrected chi connectivity index (χ3v) is 4.65. The van der Waals surface area contributed by atoms with Gasteiger partial charge in [-0.2, -0.15) is 10.1 Å². The Morgan fingerprint density at radius 1 is 1.10 bits per heavy atom. The number of imidazole rings is 1. The van der Waals surface area contributed by atoms with Gasteiger partial charge in [-0.1, -0.05) is 60.2 Å². The molecule has 2 aromatic heterocycles. The van der Waals surface area contributed by atoms with Crippen molar-refractivity contribution in [3.8, 4) is 0 Å². The first-order chi connectivity index (χ1) is 14.0. The number of aromatic nitrogens is 4. The maximum atomic E-state index is 12.5. The summed E-state index contributed by atoms with van der Waals surface area (Å²) in [5, 5.41) is 4.25. The number of hydrogen-bond donors (Lipinski definition) is 2. The smallest absolute Gasteiger partial charge is 0.298 e. The SMILES string of the molecule is Cc1ccc(Cn2c(N/N=C\c3ccccc3)nc3c2c(=O)[nH]c(=O)n3C)cc1. The predicted octanol–water partition coefficient (Wildman–Crippen LogP) is 2.23. The molecule has 0 atom stereocenters. The first-order valence-electron chi connectivity index (χ1n) is 9.12. The highest BCUT2D eigenvalue weighted by atomic mass is 16.2. The van der Waals surface area contributed by atoms with Gasteiger partial charge in [0.05, 0.1) is 12.8 Å². The third-order valence-electron chi connectivity index (χ3n) is 4.65. The summed E-state index contributed by atoms with van der Waals surface area (Å²) in [5.41, 5.74) is 5.59. The second-order valence-electron chi connectivity index (χ2n) is 6.78. The van der Waals surface area contributed by atoms with Crippen LogP contribution >= 0.6 is 0 Å². The Balaban J connectivity index is 1.79. The van der Waals surface area contributed by atoms with E-state index in [1.807, 2.05) is 61.5 Å². The van der Waals surface area contributed by atoms with Crippen molar-refractivity contribution in [1.29, 1.82) is 0 Å². The quantitative estimate of drug-likeness (QED) is 0.405. The van der Waals surface area contributed by atoms with Gasteiger partial charge in [0.25, 0.3) is 5.56 Å². The van der Waals surface area contributed by atoms with E-state index in [2.05, 4.69) is 20.5 Å². The maximum absolute atomic E-state index is 12.5. The van der Waals surface area contributed by atoms with E-state index >= 15 is 0 Å². The third kappa shape index (κ3) is 3.73. The number of H-pyrrole nitrogens is 1. The van der Waals surface area contributed by atoms with Crippen molar-refractivity contribution in [2.24, 2.45) is 12.1 Å². The van der Waals surface area contributed by atoms with Crippen LogP contribution in [0.3, 0.4) is 0 Å². The summed E-state index contributed by atoms with van der Waals surface area (Å²) in [6.07, 6.45) is 1.67. The summed E-state index contributed by atoms with van der Waals surface area (Å²) in [5.74, 6) is 0.374. The van der Waals surface area contributed by atoms with Crippen molar-refractivity contribution in [2.45, 2.75) is 13.5 Å². The second-order valence-corrected chi connectivity index (χ2v) is 6.78. The molecule has 0 fully saturated rings.